The first-order chi connectivity index (χ1) is 9.75. The van der Waals surface area contributed by atoms with Gasteiger partial charge in [0.25, 0.3) is 0 Å². The first kappa shape index (κ1) is 17.2. The van der Waals surface area contributed by atoms with Gasteiger partial charge in [-0.05, 0) is 12.1 Å². The molecule has 0 unspecified atom stereocenters. The van der Waals surface area contributed by atoms with Gasteiger partial charge in [0, 0.05) is 25.0 Å². The summed E-state index contributed by atoms with van der Waals surface area (Å²) in [5, 5.41) is 17.6. The van der Waals surface area contributed by atoms with E-state index in [1.165, 1.54) is 14.2 Å². The van der Waals surface area contributed by atoms with E-state index in [2.05, 4.69) is 0 Å². The number of nitriles is 1. The quantitative estimate of drug-likeness (QED) is 0.847. The van der Waals surface area contributed by atoms with Crippen LogP contribution in [-0.4, -0.2) is 44.5 Å². The summed E-state index contributed by atoms with van der Waals surface area (Å²) >= 11 is 5.78. The predicted octanol–water partition coefficient (Wildman–Crippen LogP) is 1.58. The van der Waals surface area contributed by atoms with Crippen molar-refractivity contribution in [3.63, 3.8) is 0 Å². The summed E-state index contributed by atoms with van der Waals surface area (Å²) in [7, 11) is -1.57. The van der Waals surface area contributed by atoms with E-state index in [4.69, 9.17) is 26.7 Å². The van der Waals surface area contributed by atoms with Crippen LogP contribution in [0.4, 0.5) is 0 Å². The van der Waals surface area contributed by atoms with Gasteiger partial charge < -0.3 is 9.84 Å². The van der Waals surface area contributed by atoms with Crippen molar-refractivity contribution >= 4 is 27.6 Å². The van der Waals surface area contributed by atoms with Crippen molar-refractivity contribution in [3.8, 4) is 11.8 Å². The highest BCUT2D eigenvalue weighted by atomic mass is 35.5. The van der Waals surface area contributed by atoms with Gasteiger partial charge in [0.05, 0.1) is 13.2 Å². The van der Waals surface area contributed by atoms with Crippen LogP contribution in [0.15, 0.2) is 17.0 Å². The van der Waals surface area contributed by atoms with Gasteiger partial charge in [-0.1, -0.05) is 11.6 Å². The number of benzene rings is 1. The van der Waals surface area contributed by atoms with E-state index in [1.807, 2.05) is 6.07 Å². The third kappa shape index (κ3) is 3.64. The fourth-order valence-electron chi connectivity index (χ4n) is 1.63. The Hall–Kier alpha value is -1.82. The van der Waals surface area contributed by atoms with Gasteiger partial charge in [-0.2, -0.15) is 9.57 Å². The lowest BCUT2D eigenvalue weighted by Crippen LogP contribution is -2.28. The molecule has 0 saturated heterocycles. The second-order valence-electron chi connectivity index (χ2n) is 4.02. The Morgan fingerprint density at radius 1 is 1.52 bits per heavy atom. The predicted molar refractivity (Wildman–Crippen MR) is 75.0 cm³/mol. The molecule has 114 valence electrons. The van der Waals surface area contributed by atoms with Crippen LogP contribution < -0.4 is 4.74 Å². The number of halogens is 1. The molecule has 0 aliphatic heterocycles. The highest BCUT2D eigenvalue weighted by Gasteiger charge is 2.28. The summed E-state index contributed by atoms with van der Waals surface area (Å²) < 4.78 is 30.7. The maximum atomic E-state index is 12.4. The van der Waals surface area contributed by atoms with Crippen molar-refractivity contribution in [1.82, 2.24) is 4.31 Å². The van der Waals surface area contributed by atoms with Crippen LogP contribution in [0.25, 0.3) is 0 Å². The first-order valence-electron chi connectivity index (χ1n) is 5.69. The van der Waals surface area contributed by atoms with Gasteiger partial charge in [-0.3, -0.25) is 0 Å². The number of hydrogen-bond donors (Lipinski definition) is 1. The minimum atomic E-state index is -4.02. The number of hydrogen-bond acceptors (Lipinski definition) is 5. The molecular weight excluding hydrogens is 320 g/mol. The minimum absolute atomic E-state index is 0.00436. The van der Waals surface area contributed by atoms with E-state index < -0.39 is 16.0 Å². The molecule has 0 aromatic heterocycles. The number of carboxylic acids is 1. The van der Waals surface area contributed by atoms with Gasteiger partial charge in [-0.15, -0.1) is 0 Å². The standard InChI is InChI=1S/C12H13ClN2O5S/c1-15(5-3-4-14)21(18,19)10-7-8(13)6-9(12(16)17)11(10)20-2/h6-7H,3,5H2,1-2H3,(H,16,17). The molecule has 0 aliphatic carbocycles. The highest BCUT2D eigenvalue weighted by Crippen LogP contribution is 2.33. The lowest BCUT2D eigenvalue weighted by molar-refractivity contribution is 0.0693. The zero-order chi connectivity index (χ0) is 16.2. The Balaban J connectivity index is 3.48. The number of rotatable bonds is 6. The monoisotopic (exact) mass is 332 g/mol. The van der Waals surface area contributed by atoms with Crippen molar-refractivity contribution in [2.75, 3.05) is 20.7 Å². The molecule has 0 saturated carbocycles. The molecule has 0 aliphatic rings. The van der Waals surface area contributed by atoms with Crippen LogP contribution in [0.3, 0.4) is 0 Å². The zero-order valence-corrected chi connectivity index (χ0v) is 12.9. The third-order valence-corrected chi connectivity index (χ3v) is 4.76. The van der Waals surface area contributed by atoms with E-state index in [-0.39, 0.29) is 34.2 Å². The van der Waals surface area contributed by atoms with Crippen molar-refractivity contribution in [2.24, 2.45) is 0 Å². The average molecular weight is 333 g/mol. The molecular formula is C12H13ClN2O5S. The van der Waals surface area contributed by atoms with Crippen LogP contribution in [0.5, 0.6) is 5.75 Å². The van der Waals surface area contributed by atoms with Gasteiger partial charge in [0.1, 0.15) is 10.5 Å². The lowest BCUT2D eigenvalue weighted by Gasteiger charge is -2.19. The molecule has 1 aromatic carbocycles. The van der Waals surface area contributed by atoms with Gasteiger partial charge in [0.15, 0.2) is 5.75 Å². The van der Waals surface area contributed by atoms with E-state index in [1.54, 1.807) is 0 Å². The van der Waals surface area contributed by atoms with Crippen LogP contribution in [0.2, 0.25) is 5.02 Å². The van der Waals surface area contributed by atoms with Crippen molar-refractivity contribution in [3.05, 3.63) is 22.7 Å². The number of aromatic carboxylic acids is 1. The molecule has 7 nitrogen and oxygen atoms in total. The second kappa shape index (κ2) is 6.76. The topological polar surface area (TPSA) is 108 Å². The Bertz CT molecular complexity index is 696. The van der Waals surface area contributed by atoms with E-state index in [0.29, 0.717) is 0 Å². The summed E-state index contributed by atoms with van der Waals surface area (Å²) in [6.07, 6.45) is 0.00436. The molecule has 0 spiro atoms. The van der Waals surface area contributed by atoms with E-state index >= 15 is 0 Å². The first-order valence-corrected chi connectivity index (χ1v) is 7.51. The molecule has 9 heteroatoms. The highest BCUT2D eigenvalue weighted by molar-refractivity contribution is 7.89. The summed E-state index contributed by atoms with van der Waals surface area (Å²) in [6, 6.07) is 4.06. The summed E-state index contributed by atoms with van der Waals surface area (Å²) in [5.74, 6) is -1.65. The number of carboxylic acid groups (broad SMARTS) is 1. The Morgan fingerprint density at radius 2 is 2.14 bits per heavy atom. The van der Waals surface area contributed by atoms with Crippen molar-refractivity contribution in [1.29, 1.82) is 5.26 Å². The van der Waals surface area contributed by atoms with Crippen LogP contribution in [0, 0.1) is 11.3 Å². The largest absolute Gasteiger partial charge is 0.494 e. The molecule has 1 rings (SSSR count). The van der Waals surface area contributed by atoms with Crippen LogP contribution >= 0.6 is 11.6 Å². The van der Waals surface area contributed by atoms with Crippen molar-refractivity contribution in [2.45, 2.75) is 11.3 Å². The summed E-state index contributed by atoms with van der Waals surface area (Å²) in [6.45, 7) is -0.0308. The van der Waals surface area contributed by atoms with Crippen LogP contribution in [-0.2, 0) is 10.0 Å². The molecule has 0 bridgehead atoms. The number of sulfonamides is 1. The zero-order valence-electron chi connectivity index (χ0n) is 11.3. The smallest absolute Gasteiger partial charge is 0.339 e. The maximum Gasteiger partial charge on any atom is 0.339 e. The average Bonchev–Trinajstić information content (AvgIpc) is 2.43. The summed E-state index contributed by atoms with van der Waals surface area (Å²) in [5.41, 5.74) is -0.350. The number of carbonyl (C=O) groups is 1. The Morgan fingerprint density at radius 3 is 2.62 bits per heavy atom. The van der Waals surface area contributed by atoms with Gasteiger partial charge >= 0.3 is 5.97 Å². The normalized spacial score (nSPS) is 11.2. The Kier molecular flexibility index (Phi) is 5.54. The second-order valence-corrected chi connectivity index (χ2v) is 6.47. The third-order valence-electron chi connectivity index (χ3n) is 2.68. The number of ether oxygens (including phenoxy) is 1. The molecule has 1 N–H and O–H groups in total. The molecule has 0 heterocycles. The van der Waals surface area contributed by atoms with Gasteiger partial charge in [-0.25, -0.2) is 13.2 Å². The number of methoxy groups -OCH3 is 1. The molecule has 1 aromatic rings. The lowest BCUT2D eigenvalue weighted by atomic mass is 10.2. The summed E-state index contributed by atoms with van der Waals surface area (Å²) in [4.78, 5) is 10.8. The van der Waals surface area contributed by atoms with Crippen molar-refractivity contribution < 1.29 is 23.1 Å². The minimum Gasteiger partial charge on any atom is -0.494 e. The molecule has 0 atom stereocenters. The molecule has 0 radical (unpaired) electrons. The molecule has 0 fully saturated rings. The SMILES string of the molecule is COc1c(C(=O)O)cc(Cl)cc1S(=O)(=O)N(C)CCC#N. The molecule has 0 amide bonds. The maximum absolute atomic E-state index is 12.4. The van der Waals surface area contributed by atoms with E-state index in [0.717, 1.165) is 16.4 Å². The van der Waals surface area contributed by atoms with E-state index in [9.17, 15) is 13.2 Å². The Labute approximate surface area is 127 Å². The fourth-order valence-corrected chi connectivity index (χ4v) is 3.28. The van der Waals surface area contributed by atoms with Crippen LogP contribution in [0.1, 0.15) is 16.8 Å². The fraction of sp³-hybridized carbons (Fsp3) is 0.333. The van der Waals surface area contributed by atoms with Gasteiger partial charge in [0.2, 0.25) is 10.0 Å². The number of nitrogens with zero attached hydrogens (tertiary/aromatic N) is 2. The molecule has 21 heavy (non-hydrogen) atoms.